The Morgan fingerprint density at radius 1 is 1.03 bits per heavy atom. The normalized spacial score (nSPS) is 12.5. The molecule has 0 aromatic heterocycles. The number of methoxy groups -OCH3 is 2. The van der Waals surface area contributed by atoms with E-state index < -0.39 is 29.6 Å². The highest BCUT2D eigenvalue weighted by Gasteiger charge is 2.36. The number of rotatable bonds is 6. The maximum absolute atomic E-state index is 13.4. The molecular formula is C25H28ClNO6. The monoisotopic (exact) mass is 473 g/mol. The predicted octanol–water partition coefficient (Wildman–Crippen LogP) is 5.37. The molecule has 1 atom stereocenters. The number of carbonyl (C=O) groups is 3. The first-order valence-electron chi connectivity index (χ1n) is 10.2. The van der Waals surface area contributed by atoms with Gasteiger partial charge in [-0.2, -0.15) is 0 Å². The third-order valence-electron chi connectivity index (χ3n) is 4.59. The molecule has 2 aromatic carbocycles. The van der Waals surface area contributed by atoms with E-state index in [4.69, 9.17) is 25.8 Å². The first kappa shape index (κ1) is 25.9. The summed E-state index contributed by atoms with van der Waals surface area (Å²) in [6, 6.07) is 12.1. The second-order valence-corrected chi connectivity index (χ2v) is 8.61. The Kier molecular flexibility index (Phi) is 8.65. The highest BCUT2D eigenvalue weighted by molar-refractivity contribution is 6.30. The molecule has 0 heterocycles. The van der Waals surface area contributed by atoms with Gasteiger partial charge in [0.1, 0.15) is 11.4 Å². The van der Waals surface area contributed by atoms with E-state index in [9.17, 15) is 14.4 Å². The van der Waals surface area contributed by atoms with Gasteiger partial charge in [-0.05, 0) is 64.1 Å². The fourth-order valence-electron chi connectivity index (χ4n) is 3.04. The topological polar surface area (TPSA) is 82.1 Å². The minimum atomic E-state index is -1.04. The zero-order chi connectivity index (χ0) is 24.8. The summed E-state index contributed by atoms with van der Waals surface area (Å²) in [7, 11) is 2.70. The highest BCUT2D eigenvalue weighted by atomic mass is 35.5. The first-order chi connectivity index (χ1) is 15.5. The number of amides is 2. The third-order valence-corrected chi connectivity index (χ3v) is 4.83. The first-order valence-corrected chi connectivity index (χ1v) is 10.6. The second kappa shape index (κ2) is 11.0. The number of halogens is 1. The number of nitrogens with zero attached hydrogens (tertiary/aromatic N) is 1. The maximum Gasteiger partial charge on any atom is 0.417 e. The number of esters is 1. The lowest BCUT2D eigenvalue weighted by Gasteiger charge is -2.31. The standard InChI is InChI=1S/C25H28ClNO6/c1-16(20(23(29)32-6)15-18-14-19(26)12-13-21(18)31-5)27(24(30)33-25(2,3)4)22(28)17-10-8-7-9-11-17/h7-16H,1-6H3/b20-15+. The van der Waals surface area contributed by atoms with Crippen molar-refractivity contribution in [3.63, 3.8) is 0 Å². The van der Waals surface area contributed by atoms with Gasteiger partial charge in [0.05, 0.1) is 25.8 Å². The molecule has 176 valence electrons. The molecule has 7 nitrogen and oxygen atoms in total. The maximum atomic E-state index is 13.4. The fraction of sp³-hybridized carbons (Fsp3) is 0.320. The smallest absolute Gasteiger partial charge is 0.417 e. The largest absolute Gasteiger partial charge is 0.496 e. The summed E-state index contributed by atoms with van der Waals surface area (Å²) < 4.78 is 15.8. The predicted molar refractivity (Wildman–Crippen MR) is 126 cm³/mol. The van der Waals surface area contributed by atoms with Gasteiger partial charge in [-0.3, -0.25) is 4.79 Å². The molecule has 0 radical (unpaired) electrons. The van der Waals surface area contributed by atoms with Crippen LogP contribution in [-0.2, 0) is 14.3 Å². The Hall–Kier alpha value is -3.32. The Morgan fingerprint density at radius 3 is 2.21 bits per heavy atom. The lowest BCUT2D eigenvalue weighted by atomic mass is 10.0. The number of benzene rings is 2. The van der Waals surface area contributed by atoms with Crippen LogP contribution >= 0.6 is 11.6 Å². The third kappa shape index (κ3) is 6.83. The molecule has 0 aliphatic heterocycles. The van der Waals surface area contributed by atoms with Gasteiger partial charge in [-0.1, -0.05) is 29.8 Å². The molecule has 2 rings (SSSR count). The zero-order valence-electron chi connectivity index (χ0n) is 19.5. The van der Waals surface area contributed by atoms with Crippen LogP contribution in [0.25, 0.3) is 6.08 Å². The molecule has 33 heavy (non-hydrogen) atoms. The number of hydrogen-bond donors (Lipinski definition) is 0. The Labute approximate surface area is 198 Å². The molecule has 0 fully saturated rings. The van der Waals surface area contributed by atoms with Crippen molar-refractivity contribution in [3.8, 4) is 5.75 Å². The van der Waals surface area contributed by atoms with Crippen LogP contribution in [0.15, 0.2) is 54.1 Å². The van der Waals surface area contributed by atoms with Crippen molar-refractivity contribution >= 4 is 35.6 Å². The van der Waals surface area contributed by atoms with Gasteiger partial charge >= 0.3 is 12.1 Å². The molecule has 8 heteroatoms. The van der Waals surface area contributed by atoms with E-state index in [-0.39, 0.29) is 11.1 Å². The van der Waals surface area contributed by atoms with E-state index in [2.05, 4.69) is 0 Å². The van der Waals surface area contributed by atoms with Crippen LogP contribution in [0.2, 0.25) is 5.02 Å². The molecule has 0 spiro atoms. The summed E-state index contributed by atoms with van der Waals surface area (Å²) in [6.45, 7) is 6.61. The van der Waals surface area contributed by atoms with Crippen molar-refractivity contribution in [2.75, 3.05) is 14.2 Å². The SMILES string of the molecule is COC(=O)/C(=C/c1cc(Cl)ccc1OC)C(C)N(C(=O)OC(C)(C)C)C(=O)c1ccccc1. The average Bonchev–Trinajstić information content (AvgIpc) is 2.76. The summed E-state index contributed by atoms with van der Waals surface area (Å²) in [4.78, 5) is 40.1. The highest BCUT2D eigenvalue weighted by Crippen LogP contribution is 2.28. The van der Waals surface area contributed by atoms with Gasteiger partial charge in [-0.25, -0.2) is 14.5 Å². The van der Waals surface area contributed by atoms with E-state index in [0.29, 0.717) is 16.3 Å². The molecule has 0 aliphatic rings. The lowest BCUT2D eigenvalue weighted by molar-refractivity contribution is -0.136. The Bertz CT molecular complexity index is 1040. The molecule has 0 aliphatic carbocycles. The van der Waals surface area contributed by atoms with Crippen molar-refractivity contribution < 1.29 is 28.6 Å². The molecule has 0 bridgehead atoms. The summed E-state index contributed by atoms with van der Waals surface area (Å²) in [5.41, 5.74) is -0.0846. The average molecular weight is 474 g/mol. The van der Waals surface area contributed by atoms with Crippen LogP contribution in [0.4, 0.5) is 4.79 Å². The minimum Gasteiger partial charge on any atom is -0.496 e. The summed E-state index contributed by atoms with van der Waals surface area (Å²) in [5, 5.41) is 0.420. The van der Waals surface area contributed by atoms with Gasteiger partial charge in [0.15, 0.2) is 0 Å². The molecule has 0 saturated heterocycles. The van der Waals surface area contributed by atoms with Gasteiger partial charge in [0, 0.05) is 16.1 Å². The van der Waals surface area contributed by atoms with Crippen molar-refractivity contribution in [1.29, 1.82) is 0 Å². The molecule has 0 saturated carbocycles. The quantitative estimate of drug-likeness (QED) is 0.414. The summed E-state index contributed by atoms with van der Waals surface area (Å²) >= 11 is 6.13. The molecule has 2 amide bonds. The van der Waals surface area contributed by atoms with E-state index in [1.165, 1.54) is 20.3 Å². The molecule has 0 N–H and O–H groups in total. The minimum absolute atomic E-state index is 0.0354. The van der Waals surface area contributed by atoms with Crippen LogP contribution < -0.4 is 4.74 Å². The number of hydrogen-bond acceptors (Lipinski definition) is 6. The van der Waals surface area contributed by atoms with E-state index in [1.807, 2.05) is 0 Å². The van der Waals surface area contributed by atoms with Crippen LogP contribution in [0.1, 0.15) is 43.6 Å². The molecule has 1 unspecified atom stereocenters. The van der Waals surface area contributed by atoms with E-state index in [0.717, 1.165) is 4.90 Å². The summed E-state index contributed by atoms with van der Waals surface area (Å²) in [6.07, 6.45) is 0.591. The summed E-state index contributed by atoms with van der Waals surface area (Å²) in [5.74, 6) is -0.893. The second-order valence-electron chi connectivity index (χ2n) is 8.18. The van der Waals surface area contributed by atoms with Crippen LogP contribution in [0, 0.1) is 0 Å². The van der Waals surface area contributed by atoms with Crippen molar-refractivity contribution in [2.24, 2.45) is 0 Å². The van der Waals surface area contributed by atoms with Crippen molar-refractivity contribution in [1.82, 2.24) is 4.90 Å². The van der Waals surface area contributed by atoms with Crippen LogP contribution in [0.5, 0.6) is 5.75 Å². The number of carbonyl (C=O) groups excluding carboxylic acids is 3. The molecular weight excluding hydrogens is 446 g/mol. The van der Waals surface area contributed by atoms with Gasteiger partial charge < -0.3 is 14.2 Å². The van der Waals surface area contributed by atoms with E-state index in [1.54, 1.807) is 76.2 Å². The van der Waals surface area contributed by atoms with Crippen LogP contribution in [0.3, 0.4) is 0 Å². The van der Waals surface area contributed by atoms with Gasteiger partial charge in [0.25, 0.3) is 5.91 Å². The van der Waals surface area contributed by atoms with Gasteiger partial charge in [-0.15, -0.1) is 0 Å². The Balaban J connectivity index is 2.63. The zero-order valence-corrected chi connectivity index (χ0v) is 20.3. The van der Waals surface area contributed by atoms with E-state index >= 15 is 0 Å². The number of ether oxygens (including phenoxy) is 3. The van der Waals surface area contributed by atoms with Crippen LogP contribution in [-0.4, -0.2) is 48.7 Å². The molecule has 2 aromatic rings. The fourth-order valence-corrected chi connectivity index (χ4v) is 3.22. The number of imide groups is 1. The van der Waals surface area contributed by atoms with Crippen molar-refractivity contribution in [3.05, 3.63) is 70.3 Å². The van der Waals surface area contributed by atoms with Crippen molar-refractivity contribution in [2.45, 2.75) is 39.3 Å². The Morgan fingerprint density at radius 2 is 1.67 bits per heavy atom. The van der Waals surface area contributed by atoms with Gasteiger partial charge in [0.2, 0.25) is 0 Å². The lowest BCUT2D eigenvalue weighted by Crippen LogP contribution is -2.47.